The molecule has 0 atom stereocenters. The number of nitrogens with zero attached hydrogens (tertiary/aromatic N) is 4. The van der Waals surface area contributed by atoms with Gasteiger partial charge >= 0.3 is 6.09 Å². The summed E-state index contributed by atoms with van der Waals surface area (Å²) in [5, 5.41) is 0. The van der Waals surface area contributed by atoms with Crippen LogP contribution < -0.4 is 4.74 Å². The Kier molecular flexibility index (Phi) is 6.19. The number of carbonyl (C=O) groups excluding carboxylic acids is 2. The maximum absolute atomic E-state index is 12.7. The summed E-state index contributed by atoms with van der Waals surface area (Å²) in [5.74, 6) is 0.146. The van der Waals surface area contributed by atoms with Crippen molar-refractivity contribution in [2.24, 2.45) is 0 Å². The molecule has 3 rings (SSSR count). The number of benzene rings is 1. The largest absolute Gasteiger partial charge is 0.473 e. The Bertz CT molecular complexity index is 776. The Morgan fingerprint density at radius 3 is 2.44 bits per heavy atom. The summed E-state index contributed by atoms with van der Waals surface area (Å²) in [6.45, 7) is 4.21. The van der Waals surface area contributed by atoms with E-state index in [1.54, 1.807) is 22.8 Å². The average molecular weight is 370 g/mol. The second-order valence-corrected chi connectivity index (χ2v) is 5.99. The minimum absolute atomic E-state index is 0.203. The number of carbonyl (C=O) groups is 2. The topological polar surface area (TPSA) is 84.9 Å². The molecule has 0 spiro atoms. The molecular weight excluding hydrogens is 348 g/mol. The van der Waals surface area contributed by atoms with Crippen LogP contribution in [0.2, 0.25) is 0 Å². The van der Waals surface area contributed by atoms with Gasteiger partial charge in [0.25, 0.3) is 5.91 Å². The average Bonchev–Trinajstić information content (AvgIpc) is 2.73. The first-order chi connectivity index (χ1) is 13.2. The molecule has 1 fully saturated rings. The van der Waals surface area contributed by atoms with Gasteiger partial charge in [0.2, 0.25) is 5.88 Å². The van der Waals surface area contributed by atoms with Gasteiger partial charge in [-0.05, 0) is 12.5 Å². The van der Waals surface area contributed by atoms with E-state index in [0.29, 0.717) is 45.3 Å². The Morgan fingerprint density at radius 1 is 1.04 bits per heavy atom. The van der Waals surface area contributed by atoms with Gasteiger partial charge in [0, 0.05) is 32.2 Å². The monoisotopic (exact) mass is 370 g/mol. The van der Waals surface area contributed by atoms with E-state index in [0.717, 1.165) is 5.56 Å². The highest BCUT2D eigenvalue weighted by Gasteiger charge is 2.26. The van der Waals surface area contributed by atoms with Crippen LogP contribution in [0.25, 0.3) is 0 Å². The third kappa shape index (κ3) is 4.93. The summed E-state index contributed by atoms with van der Waals surface area (Å²) >= 11 is 0. The molecule has 1 aromatic carbocycles. The first-order valence-electron chi connectivity index (χ1n) is 8.87. The van der Waals surface area contributed by atoms with Crippen molar-refractivity contribution in [1.82, 2.24) is 19.8 Å². The summed E-state index contributed by atoms with van der Waals surface area (Å²) < 4.78 is 10.6. The van der Waals surface area contributed by atoms with E-state index < -0.39 is 0 Å². The van der Waals surface area contributed by atoms with Crippen LogP contribution in [0.4, 0.5) is 4.79 Å². The van der Waals surface area contributed by atoms with Crippen molar-refractivity contribution < 1.29 is 19.1 Å². The number of piperazine rings is 1. The van der Waals surface area contributed by atoms with E-state index >= 15 is 0 Å². The number of hydrogen-bond donors (Lipinski definition) is 0. The van der Waals surface area contributed by atoms with E-state index in [9.17, 15) is 9.59 Å². The third-order valence-corrected chi connectivity index (χ3v) is 4.18. The Morgan fingerprint density at radius 2 is 1.74 bits per heavy atom. The molecule has 2 heterocycles. The standard InChI is InChI=1S/C19H22N4O4/c1-2-26-19(25)23-10-8-22(9-11-23)18(24)16-12-17(21-14-20-16)27-13-15-6-4-3-5-7-15/h3-7,12,14H,2,8-11,13H2,1H3. The summed E-state index contributed by atoms with van der Waals surface area (Å²) in [5.41, 5.74) is 1.29. The summed E-state index contributed by atoms with van der Waals surface area (Å²) in [4.78, 5) is 35.8. The van der Waals surface area contributed by atoms with Gasteiger partial charge in [0.1, 0.15) is 18.6 Å². The molecule has 8 nitrogen and oxygen atoms in total. The van der Waals surface area contributed by atoms with Crippen LogP contribution in [-0.4, -0.2) is 64.6 Å². The van der Waals surface area contributed by atoms with E-state index in [4.69, 9.17) is 9.47 Å². The summed E-state index contributed by atoms with van der Waals surface area (Å²) in [6.07, 6.45) is 0.978. The van der Waals surface area contributed by atoms with E-state index in [1.807, 2.05) is 30.3 Å². The van der Waals surface area contributed by atoms with E-state index in [2.05, 4.69) is 9.97 Å². The maximum atomic E-state index is 12.7. The molecule has 0 saturated carbocycles. The molecule has 1 aromatic heterocycles. The van der Waals surface area contributed by atoms with Crippen molar-refractivity contribution in [3.63, 3.8) is 0 Å². The lowest BCUT2D eigenvalue weighted by molar-refractivity contribution is 0.0565. The highest BCUT2D eigenvalue weighted by Crippen LogP contribution is 2.13. The summed E-state index contributed by atoms with van der Waals surface area (Å²) in [6, 6.07) is 11.3. The van der Waals surface area contributed by atoms with Crippen molar-refractivity contribution >= 4 is 12.0 Å². The van der Waals surface area contributed by atoms with Gasteiger partial charge in [0.15, 0.2) is 0 Å². The zero-order chi connectivity index (χ0) is 19.1. The van der Waals surface area contributed by atoms with E-state index in [1.165, 1.54) is 6.33 Å². The molecule has 1 aliphatic rings. The second-order valence-electron chi connectivity index (χ2n) is 5.99. The lowest BCUT2D eigenvalue weighted by atomic mass is 10.2. The van der Waals surface area contributed by atoms with Crippen LogP contribution in [0.3, 0.4) is 0 Å². The fraction of sp³-hybridized carbons (Fsp3) is 0.368. The number of amides is 2. The Balaban J connectivity index is 1.57. The van der Waals surface area contributed by atoms with Gasteiger partial charge in [-0.15, -0.1) is 0 Å². The molecule has 1 aliphatic heterocycles. The van der Waals surface area contributed by atoms with Crippen molar-refractivity contribution in [3.05, 3.63) is 54.0 Å². The smallest absolute Gasteiger partial charge is 0.409 e. The Labute approximate surface area is 157 Å². The minimum Gasteiger partial charge on any atom is -0.473 e. The van der Waals surface area contributed by atoms with Crippen LogP contribution in [0, 0.1) is 0 Å². The van der Waals surface area contributed by atoms with Crippen molar-refractivity contribution in [2.45, 2.75) is 13.5 Å². The molecule has 0 unspecified atom stereocenters. The van der Waals surface area contributed by atoms with Crippen molar-refractivity contribution in [3.8, 4) is 5.88 Å². The molecule has 27 heavy (non-hydrogen) atoms. The number of aromatic nitrogens is 2. The SMILES string of the molecule is CCOC(=O)N1CCN(C(=O)c2cc(OCc3ccccc3)ncn2)CC1. The molecule has 0 aliphatic carbocycles. The highest BCUT2D eigenvalue weighted by molar-refractivity contribution is 5.92. The van der Waals surface area contributed by atoms with Crippen molar-refractivity contribution in [2.75, 3.05) is 32.8 Å². The van der Waals surface area contributed by atoms with Crippen LogP contribution in [0.5, 0.6) is 5.88 Å². The van der Waals surface area contributed by atoms with Crippen molar-refractivity contribution in [1.29, 1.82) is 0 Å². The molecule has 0 radical (unpaired) electrons. The maximum Gasteiger partial charge on any atom is 0.409 e. The molecule has 0 N–H and O–H groups in total. The minimum atomic E-state index is -0.344. The molecule has 2 amide bonds. The second kappa shape index (κ2) is 8.98. The van der Waals surface area contributed by atoms with Gasteiger partial charge < -0.3 is 19.3 Å². The lowest BCUT2D eigenvalue weighted by Crippen LogP contribution is -2.50. The molecule has 8 heteroatoms. The Hall–Kier alpha value is -3.16. The number of hydrogen-bond acceptors (Lipinski definition) is 6. The van der Waals surface area contributed by atoms with Gasteiger partial charge in [-0.25, -0.2) is 14.8 Å². The van der Waals surface area contributed by atoms with Crippen LogP contribution in [0.1, 0.15) is 23.0 Å². The molecule has 0 bridgehead atoms. The van der Waals surface area contributed by atoms with Gasteiger partial charge in [-0.3, -0.25) is 4.79 Å². The first kappa shape index (κ1) is 18.6. The quantitative estimate of drug-likeness (QED) is 0.800. The number of ether oxygens (including phenoxy) is 2. The predicted octanol–water partition coefficient (Wildman–Crippen LogP) is 1.97. The molecule has 142 valence electrons. The van der Waals surface area contributed by atoms with Crippen LogP contribution >= 0.6 is 0 Å². The first-order valence-corrected chi connectivity index (χ1v) is 8.87. The van der Waals surface area contributed by atoms with E-state index in [-0.39, 0.29) is 17.7 Å². The normalized spacial score (nSPS) is 14.0. The fourth-order valence-corrected chi connectivity index (χ4v) is 2.74. The third-order valence-electron chi connectivity index (χ3n) is 4.18. The summed E-state index contributed by atoms with van der Waals surface area (Å²) in [7, 11) is 0. The van der Waals surface area contributed by atoms with Crippen LogP contribution in [-0.2, 0) is 11.3 Å². The van der Waals surface area contributed by atoms with Gasteiger partial charge in [-0.2, -0.15) is 0 Å². The predicted molar refractivity (Wildman–Crippen MR) is 97.3 cm³/mol. The zero-order valence-corrected chi connectivity index (χ0v) is 15.2. The molecule has 2 aromatic rings. The van der Waals surface area contributed by atoms with Gasteiger partial charge in [0.05, 0.1) is 6.61 Å². The van der Waals surface area contributed by atoms with Gasteiger partial charge in [-0.1, -0.05) is 30.3 Å². The fourth-order valence-electron chi connectivity index (χ4n) is 2.74. The zero-order valence-electron chi connectivity index (χ0n) is 15.2. The molecule has 1 saturated heterocycles. The highest BCUT2D eigenvalue weighted by atomic mass is 16.6. The lowest BCUT2D eigenvalue weighted by Gasteiger charge is -2.33. The van der Waals surface area contributed by atoms with Crippen LogP contribution in [0.15, 0.2) is 42.7 Å². The molecular formula is C19H22N4O4. The number of rotatable bonds is 5.